The zero-order valence-corrected chi connectivity index (χ0v) is 26.9. The van der Waals surface area contributed by atoms with Gasteiger partial charge in [0.1, 0.15) is 12.2 Å². The highest BCUT2D eigenvalue weighted by Crippen LogP contribution is 2.43. The third-order valence-corrected chi connectivity index (χ3v) is 9.53. The molecule has 0 unspecified atom stereocenters. The molecule has 2 amide bonds. The number of nitrogens with zero attached hydrogens (tertiary/aromatic N) is 6. The van der Waals surface area contributed by atoms with Gasteiger partial charge in [0.15, 0.2) is 0 Å². The van der Waals surface area contributed by atoms with E-state index in [0.29, 0.717) is 62.1 Å². The largest absolute Gasteiger partial charge is 0.398 e. The SMILES string of the molecule is CN=CN=C(N)c1ccc(C2=CCN(C(=O)CN3CC[C@]4(CCN(c5ccc(N)c(C(=N)c6ccnc(C)c6)c5)C4=O)C3)CC2)cc1.[HH]. The van der Waals surface area contributed by atoms with E-state index in [1.807, 2.05) is 59.2 Å². The van der Waals surface area contributed by atoms with Crippen LogP contribution in [0.15, 0.2) is 76.9 Å². The molecule has 2 fully saturated rings. The molecule has 47 heavy (non-hydrogen) atoms. The van der Waals surface area contributed by atoms with Crippen LogP contribution in [0.5, 0.6) is 0 Å². The molecule has 0 aliphatic carbocycles. The Morgan fingerprint density at radius 1 is 1.09 bits per heavy atom. The number of hydrogen-bond acceptors (Lipinski definition) is 7. The van der Waals surface area contributed by atoms with Crippen molar-refractivity contribution in [1.29, 1.82) is 5.41 Å². The summed E-state index contributed by atoms with van der Waals surface area (Å²) in [4.78, 5) is 45.3. The molecule has 0 radical (unpaired) electrons. The van der Waals surface area contributed by atoms with E-state index in [0.717, 1.165) is 47.3 Å². The fourth-order valence-corrected chi connectivity index (χ4v) is 6.82. The van der Waals surface area contributed by atoms with Crippen molar-refractivity contribution < 1.29 is 11.0 Å². The van der Waals surface area contributed by atoms with Crippen LogP contribution in [0.1, 0.15) is 48.6 Å². The molecule has 1 aromatic heterocycles. The number of amidine groups is 1. The highest BCUT2D eigenvalue weighted by molar-refractivity contribution is 6.15. The fraction of sp³-hybridized carbons (Fsp3) is 0.333. The predicted octanol–water partition coefficient (Wildman–Crippen LogP) is 3.74. The van der Waals surface area contributed by atoms with E-state index < -0.39 is 5.41 Å². The minimum atomic E-state index is -0.504. The number of nitrogen functional groups attached to an aromatic ring is 1. The second-order valence-electron chi connectivity index (χ2n) is 12.6. The number of aromatic nitrogens is 1. The Hall–Kier alpha value is -5.16. The highest BCUT2D eigenvalue weighted by Gasteiger charge is 2.51. The zero-order valence-electron chi connectivity index (χ0n) is 26.9. The molecule has 2 aromatic carbocycles. The lowest BCUT2D eigenvalue weighted by Gasteiger charge is -2.29. The number of hydrogen-bond donors (Lipinski definition) is 3. The van der Waals surface area contributed by atoms with Gasteiger partial charge in [-0.25, -0.2) is 4.99 Å². The zero-order chi connectivity index (χ0) is 33.1. The van der Waals surface area contributed by atoms with Gasteiger partial charge in [0.2, 0.25) is 11.8 Å². The Morgan fingerprint density at radius 3 is 2.60 bits per heavy atom. The van der Waals surface area contributed by atoms with Crippen LogP contribution in [0, 0.1) is 17.7 Å². The normalized spacial score (nSPS) is 20.4. The van der Waals surface area contributed by atoms with E-state index >= 15 is 0 Å². The van der Waals surface area contributed by atoms with Crippen LogP contribution in [-0.4, -0.2) is 90.8 Å². The molecule has 11 heteroatoms. The van der Waals surface area contributed by atoms with Crippen LogP contribution in [0.4, 0.5) is 11.4 Å². The molecule has 3 aliphatic rings. The number of benzene rings is 2. The number of likely N-dealkylation sites (tertiary alicyclic amines) is 1. The molecule has 1 spiro atoms. The molecule has 6 rings (SSSR count). The summed E-state index contributed by atoms with van der Waals surface area (Å²) in [6, 6.07) is 17.1. The maximum Gasteiger partial charge on any atom is 0.237 e. The quantitative estimate of drug-likeness (QED) is 0.195. The number of nitrogens with two attached hydrogens (primary N) is 2. The number of carbonyl (C=O) groups is 2. The van der Waals surface area contributed by atoms with Crippen LogP contribution >= 0.6 is 0 Å². The van der Waals surface area contributed by atoms with E-state index in [4.69, 9.17) is 16.9 Å². The summed E-state index contributed by atoms with van der Waals surface area (Å²) in [5.41, 5.74) is 18.6. The monoisotopic (exact) mass is 633 g/mol. The molecule has 0 saturated carbocycles. The molecule has 2 saturated heterocycles. The van der Waals surface area contributed by atoms with Crippen molar-refractivity contribution in [2.24, 2.45) is 21.1 Å². The lowest BCUT2D eigenvalue weighted by molar-refractivity contribution is -0.132. The number of rotatable bonds is 8. The molecule has 11 nitrogen and oxygen atoms in total. The predicted molar refractivity (Wildman–Crippen MR) is 189 cm³/mol. The number of amides is 2. The van der Waals surface area contributed by atoms with Gasteiger partial charge in [-0.1, -0.05) is 30.3 Å². The van der Waals surface area contributed by atoms with Crippen LogP contribution in [-0.2, 0) is 9.59 Å². The van der Waals surface area contributed by atoms with Gasteiger partial charge in [-0.15, -0.1) is 0 Å². The Morgan fingerprint density at radius 2 is 1.87 bits per heavy atom. The molecule has 4 heterocycles. The molecular formula is C36H43N9O2. The van der Waals surface area contributed by atoms with Crippen LogP contribution in [0.2, 0.25) is 0 Å². The van der Waals surface area contributed by atoms with Crippen molar-refractivity contribution in [3.63, 3.8) is 0 Å². The van der Waals surface area contributed by atoms with Crippen molar-refractivity contribution in [3.05, 3.63) is 94.8 Å². The van der Waals surface area contributed by atoms with Crippen molar-refractivity contribution in [1.82, 2.24) is 14.8 Å². The van der Waals surface area contributed by atoms with E-state index in [-0.39, 0.29) is 13.2 Å². The van der Waals surface area contributed by atoms with Gasteiger partial charge >= 0.3 is 0 Å². The highest BCUT2D eigenvalue weighted by atomic mass is 16.2. The summed E-state index contributed by atoms with van der Waals surface area (Å²) in [5.74, 6) is 0.585. The maximum atomic E-state index is 13.9. The van der Waals surface area contributed by atoms with Gasteiger partial charge in [0, 0.05) is 74.6 Å². The molecule has 3 aromatic rings. The van der Waals surface area contributed by atoms with Gasteiger partial charge in [-0.05, 0) is 74.2 Å². The van der Waals surface area contributed by atoms with Gasteiger partial charge in [0.05, 0.1) is 17.7 Å². The van der Waals surface area contributed by atoms with Crippen molar-refractivity contribution in [2.45, 2.75) is 26.2 Å². The summed E-state index contributed by atoms with van der Waals surface area (Å²) >= 11 is 0. The molecule has 244 valence electrons. The average molecular weight is 634 g/mol. The first-order valence-corrected chi connectivity index (χ1v) is 15.9. The second kappa shape index (κ2) is 13.3. The second-order valence-corrected chi connectivity index (χ2v) is 12.6. The standard InChI is InChI=1S/C36H41N9O2.H2/c1-24-19-28(9-14-41-24)33(38)30-20-29(7-8-31(30)37)45-18-13-36(35(45)47)12-17-43(22-36)21-32(46)44-15-10-26(11-16-44)25-3-5-27(6-4-25)34(39)42-23-40-2;/h3-10,14,19-20,23,38H,11-13,15-18,21-22,37H2,1-2H3,(H2,39,40,42);1H/t36-;/m0./s1. The van der Waals surface area contributed by atoms with Gasteiger partial charge < -0.3 is 21.3 Å². The van der Waals surface area contributed by atoms with Crippen molar-refractivity contribution in [2.75, 3.05) is 56.9 Å². The number of pyridine rings is 1. The number of anilines is 2. The first kappa shape index (κ1) is 31.8. The molecule has 1 atom stereocenters. The summed E-state index contributed by atoms with van der Waals surface area (Å²) in [7, 11) is 1.65. The fourth-order valence-electron chi connectivity index (χ4n) is 6.82. The third kappa shape index (κ3) is 6.57. The van der Waals surface area contributed by atoms with E-state index in [2.05, 4.69) is 25.9 Å². The minimum Gasteiger partial charge on any atom is -0.398 e. The van der Waals surface area contributed by atoms with E-state index in [9.17, 15) is 9.59 Å². The topological polar surface area (TPSA) is 157 Å². The van der Waals surface area contributed by atoms with Crippen molar-refractivity contribution in [3.8, 4) is 0 Å². The Balaban J connectivity index is 0.00000451. The van der Waals surface area contributed by atoms with Gasteiger partial charge in [0.25, 0.3) is 0 Å². The van der Waals surface area contributed by atoms with Crippen molar-refractivity contribution >= 4 is 46.6 Å². The molecular weight excluding hydrogens is 590 g/mol. The van der Waals surface area contributed by atoms with E-state index in [1.54, 1.807) is 25.4 Å². The summed E-state index contributed by atoms with van der Waals surface area (Å²) in [5, 5.41) is 8.79. The first-order chi connectivity index (χ1) is 22.7. The minimum absolute atomic E-state index is 0. The number of aliphatic imine (C=N–C) groups is 2. The summed E-state index contributed by atoms with van der Waals surface area (Å²) in [6.07, 6.45) is 7.47. The molecule has 3 aliphatic heterocycles. The number of carbonyl (C=O) groups excluding carboxylic acids is 2. The summed E-state index contributed by atoms with van der Waals surface area (Å²) < 4.78 is 0. The Bertz CT molecular complexity index is 1800. The Labute approximate surface area is 276 Å². The lowest BCUT2D eigenvalue weighted by atomic mass is 9.85. The van der Waals surface area contributed by atoms with Crippen LogP contribution in [0.25, 0.3) is 5.57 Å². The van der Waals surface area contributed by atoms with E-state index in [1.165, 1.54) is 11.9 Å². The van der Waals surface area contributed by atoms with Crippen LogP contribution in [0.3, 0.4) is 0 Å². The summed E-state index contributed by atoms with van der Waals surface area (Å²) in [6.45, 7) is 5.29. The smallest absolute Gasteiger partial charge is 0.237 e. The molecule has 5 N–H and O–H groups in total. The number of aryl methyl sites for hydroxylation is 1. The number of nitrogens with one attached hydrogen (secondary N) is 1. The first-order valence-electron chi connectivity index (χ1n) is 15.9. The van der Waals surface area contributed by atoms with Gasteiger partial charge in [-0.3, -0.25) is 29.9 Å². The maximum absolute atomic E-state index is 13.9. The molecule has 0 bridgehead atoms. The van der Waals surface area contributed by atoms with Gasteiger partial charge in [-0.2, -0.15) is 0 Å². The lowest BCUT2D eigenvalue weighted by Crippen LogP contribution is -2.43. The average Bonchev–Trinajstić information content (AvgIpc) is 3.65. The third-order valence-electron chi connectivity index (χ3n) is 9.53. The Kier molecular flexibility index (Phi) is 8.99. The van der Waals surface area contributed by atoms with Crippen LogP contribution < -0.4 is 16.4 Å².